The van der Waals surface area contributed by atoms with Crippen molar-refractivity contribution in [2.24, 2.45) is 0 Å². The summed E-state index contributed by atoms with van der Waals surface area (Å²) >= 11 is 6.00. The summed E-state index contributed by atoms with van der Waals surface area (Å²) < 4.78 is 1.35. The van der Waals surface area contributed by atoms with Gasteiger partial charge in [0.15, 0.2) is 0 Å². The fraction of sp³-hybridized carbons (Fsp3) is 0.0909. The number of nitrogens with zero attached hydrogens (tertiary/aromatic N) is 2. The lowest BCUT2D eigenvalue weighted by atomic mass is 10.2. The van der Waals surface area contributed by atoms with Crippen LogP contribution in [0, 0.1) is 6.92 Å². The molecule has 5 heteroatoms. The van der Waals surface area contributed by atoms with Crippen LogP contribution in [0.1, 0.15) is 5.56 Å². The number of amides is 1. The number of aryl methyl sites for hydroxylation is 1. The average Bonchev–Trinajstić information content (AvgIpc) is 2.76. The van der Waals surface area contributed by atoms with Crippen molar-refractivity contribution in [3.63, 3.8) is 0 Å². The molecule has 0 fully saturated rings. The zero-order chi connectivity index (χ0) is 11.5. The first kappa shape index (κ1) is 10.7. The second-order valence-electron chi connectivity index (χ2n) is 3.33. The van der Waals surface area contributed by atoms with Crippen molar-refractivity contribution in [1.29, 1.82) is 0 Å². The van der Waals surface area contributed by atoms with Crippen molar-refractivity contribution >= 4 is 23.3 Å². The van der Waals surface area contributed by atoms with E-state index < -0.39 is 0 Å². The van der Waals surface area contributed by atoms with E-state index in [2.05, 4.69) is 10.3 Å². The molecular weight excluding hydrogens is 226 g/mol. The molecule has 0 aliphatic carbocycles. The molecule has 1 N–H and O–H groups in total. The Morgan fingerprint density at radius 2 is 2.31 bits per heavy atom. The van der Waals surface area contributed by atoms with Gasteiger partial charge in [0.05, 0.1) is 10.7 Å². The van der Waals surface area contributed by atoms with Gasteiger partial charge >= 0.3 is 6.03 Å². The highest BCUT2D eigenvalue weighted by atomic mass is 35.5. The molecule has 1 aromatic heterocycles. The summed E-state index contributed by atoms with van der Waals surface area (Å²) in [7, 11) is 0. The predicted molar refractivity (Wildman–Crippen MR) is 62.8 cm³/mol. The Bertz CT molecular complexity index is 488. The molecule has 1 amide bonds. The molecule has 0 radical (unpaired) electrons. The first-order chi connectivity index (χ1) is 7.68. The van der Waals surface area contributed by atoms with Crippen molar-refractivity contribution in [1.82, 2.24) is 9.55 Å². The number of benzene rings is 1. The van der Waals surface area contributed by atoms with Crippen LogP contribution in [0.4, 0.5) is 10.5 Å². The van der Waals surface area contributed by atoms with Crippen LogP contribution in [-0.2, 0) is 0 Å². The minimum Gasteiger partial charge on any atom is -0.306 e. The lowest BCUT2D eigenvalue weighted by molar-refractivity contribution is 0.253. The lowest BCUT2D eigenvalue weighted by Crippen LogP contribution is -2.18. The van der Waals surface area contributed by atoms with Crippen molar-refractivity contribution in [2.75, 3.05) is 5.32 Å². The Kier molecular flexibility index (Phi) is 2.92. The molecule has 0 atom stereocenters. The Balaban J connectivity index is 2.25. The Morgan fingerprint density at radius 3 is 2.94 bits per heavy atom. The number of hydrogen-bond donors (Lipinski definition) is 1. The molecule has 2 rings (SSSR count). The second-order valence-corrected chi connectivity index (χ2v) is 3.74. The van der Waals surface area contributed by atoms with Crippen LogP contribution in [0.2, 0.25) is 5.02 Å². The SMILES string of the molecule is Cc1cccc(Cl)c1NC(=O)n1ccnc1. The number of carbonyl (C=O) groups is 1. The van der Waals surface area contributed by atoms with E-state index in [9.17, 15) is 4.79 Å². The number of aromatic nitrogens is 2. The van der Waals surface area contributed by atoms with Gasteiger partial charge in [-0.2, -0.15) is 0 Å². The molecule has 0 aliphatic rings. The second kappa shape index (κ2) is 4.37. The summed E-state index contributed by atoms with van der Waals surface area (Å²) in [5, 5.41) is 3.25. The predicted octanol–water partition coefficient (Wildman–Crippen LogP) is 2.93. The highest BCUT2D eigenvalue weighted by Gasteiger charge is 2.08. The molecule has 1 heterocycles. The van der Waals surface area contributed by atoms with Crippen LogP contribution < -0.4 is 5.32 Å². The largest absolute Gasteiger partial charge is 0.331 e. The normalized spacial score (nSPS) is 10.1. The molecule has 0 unspecified atom stereocenters. The molecule has 0 saturated heterocycles. The number of anilines is 1. The van der Waals surface area contributed by atoms with Crippen LogP contribution in [0.25, 0.3) is 0 Å². The van der Waals surface area contributed by atoms with Crippen LogP contribution in [-0.4, -0.2) is 15.6 Å². The smallest absolute Gasteiger partial charge is 0.306 e. The summed E-state index contributed by atoms with van der Waals surface area (Å²) in [6.07, 6.45) is 4.54. The standard InChI is InChI=1S/C11H10ClN3O/c1-8-3-2-4-9(12)10(8)14-11(16)15-6-5-13-7-15/h2-7H,1H3,(H,14,16). The van der Waals surface area contributed by atoms with E-state index in [1.807, 2.05) is 19.1 Å². The fourth-order valence-electron chi connectivity index (χ4n) is 1.34. The van der Waals surface area contributed by atoms with Crippen LogP contribution in [0.3, 0.4) is 0 Å². The third kappa shape index (κ3) is 2.06. The number of halogens is 1. The monoisotopic (exact) mass is 235 g/mol. The van der Waals surface area contributed by atoms with Crippen molar-refractivity contribution in [2.45, 2.75) is 6.92 Å². The first-order valence-electron chi connectivity index (χ1n) is 4.73. The number of imidazole rings is 1. The molecule has 0 saturated carbocycles. The molecule has 0 bridgehead atoms. The number of hydrogen-bond acceptors (Lipinski definition) is 2. The van der Waals surface area contributed by atoms with Gasteiger partial charge in [-0.15, -0.1) is 0 Å². The van der Waals surface area contributed by atoms with Gasteiger partial charge in [-0.25, -0.2) is 9.78 Å². The number of rotatable bonds is 1. The van der Waals surface area contributed by atoms with Gasteiger partial charge in [0.1, 0.15) is 6.33 Å². The third-order valence-electron chi connectivity index (χ3n) is 2.19. The quantitative estimate of drug-likeness (QED) is 0.826. The summed E-state index contributed by atoms with van der Waals surface area (Å²) in [4.78, 5) is 15.5. The molecule has 2 aromatic rings. The van der Waals surface area contributed by atoms with Gasteiger partial charge in [-0.1, -0.05) is 23.7 Å². The third-order valence-corrected chi connectivity index (χ3v) is 2.51. The zero-order valence-corrected chi connectivity index (χ0v) is 9.40. The first-order valence-corrected chi connectivity index (χ1v) is 5.10. The number of nitrogens with one attached hydrogen (secondary N) is 1. The van der Waals surface area contributed by atoms with E-state index >= 15 is 0 Å². The van der Waals surface area contributed by atoms with Crippen molar-refractivity contribution in [3.8, 4) is 0 Å². The van der Waals surface area contributed by atoms with Crippen molar-refractivity contribution in [3.05, 3.63) is 47.5 Å². The molecule has 16 heavy (non-hydrogen) atoms. The summed E-state index contributed by atoms with van der Waals surface area (Å²) in [6.45, 7) is 1.88. The molecule has 0 spiro atoms. The van der Waals surface area contributed by atoms with Gasteiger partial charge in [0.25, 0.3) is 0 Å². The Hall–Kier alpha value is -1.81. The molecule has 1 aromatic carbocycles. The molecular formula is C11H10ClN3O. The van der Waals surface area contributed by atoms with Gasteiger partial charge in [-0.3, -0.25) is 4.57 Å². The summed E-state index contributed by atoms with van der Waals surface area (Å²) in [5.41, 5.74) is 1.55. The maximum Gasteiger partial charge on any atom is 0.331 e. The topological polar surface area (TPSA) is 46.9 Å². The van der Waals surface area contributed by atoms with E-state index in [1.165, 1.54) is 10.9 Å². The number of carbonyl (C=O) groups excluding carboxylic acids is 1. The highest BCUT2D eigenvalue weighted by Crippen LogP contribution is 2.25. The fourth-order valence-corrected chi connectivity index (χ4v) is 1.61. The zero-order valence-electron chi connectivity index (χ0n) is 8.64. The number of para-hydroxylation sites is 1. The average molecular weight is 236 g/mol. The van der Waals surface area contributed by atoms with Gasteiger partial charge in [-0.05, 0) is 18.6 Å². The Labute approximate surface area is 97.9 Å². The van der Waals surface area contributed by atoms with Crippen LogP contribution >= 0.6 is 11.6 Å². The van der Waals surface area contributed by atoms with E-state index in [4.69, 9.17) is 11.6 Å². The molecule has 0 aliphatic heterocycles. The van der Waals surface area contributed by atoms with Gasteiger partial charge in [0, 0.05) is 12.4 Å². The minimum atomic E-state index is -0.284. The molecule has 4 nitrogen and oxygen atoms in total. The maximum atomic E-state index is 11.7. The van der Waals surface area contributed by atoms with E-state index in [0.717, 1.165) is 5.56 Å². The minimum absolute atomic E-state index is 0.284. The highest BCUT2D eigenvalue weighted by molar-refractivity contribution is 6.33. The lowest BCUT2D eigenvalue weighted by Gasteiger charge is -2.09. The van der Waals surface area contributed by atoms with Gasteiger partial charge < -0.3 is 5.32 Å². The summed E-state index contributed by atoms with van der Waals surface area (Å²) in [6, 6.07) is 5.17. The van der Waals surface area contributed by atoms with E-state index in [-0.39, 0.29) is 6.03 Å². The Morgan fingerprint density at radius 1 is 1.50 bits per heavy atom. The molecule has 82 valence electrons. The summed E-state index contributed by atoms with van der Waals surface area (Å²) in [5.74, 6) is 0. The van der Waals surface area contributed by atoms with Crippen LogP contribution in [0.15, 0.2) is 36.9 Å². The van der Waals surface area contributed by atoms with E-state index in [0.29, 0.717) is 10.7 Å². The van der Waals surface area contributed by atoms with Gasteiger partial charge in [0.2, 0.25) is 0 Å². The van der Waals surface area contributed by atoms with E-state index in [1.54, 1.807) is 18.5 Å². The van der Waals surface area contributed by atoms with Crippen LogP contribution in [0.5, 0.6) is 0 Å². The van der Waals surface area contributed by atoms with Crippen molar-refractivity contribution < 1.29 is 4.79 Å². The maximum absolute atomic E-state index is 11.7.